The van der Waals surface area contributed by atoms with E-state index in [9.17, 15) is 9.59 Å². The molecule has 3 nitrogen and oxygen atoms in total. The van der Waals surface area contributed by atoms with Gasteiger partial charge in [-0.15, -0.1) is 0 Å². The quantitative estimate of drug-likeness (QED) is 0.582. The van der Waals surface area contributed by atoms with E-state index >= 15 is 0 Å². The Kier molecular flexibility index (Phi) is 4.72. The number of rotatable bonds is 6. The van der Waals surface area contributed by atoms with E-state index < -0.39 is 0 Å². The molecule has 0 N–H and O–H groups in total. The number of β-lactam (4-membered cyclic amide) rings is 1. The Morgan fingerprint density at radius 1 is 1.21 bits per heavy atom. The van der Waals surface area contributed by atoms with Gasteiger partial charge in [0.1, 0.15) is 0 Å². The molecule has 1 aliphatic rings. The standard InChI is InChI=1S/C16H21NO2/c1-13-12-17(16(13)19)15(18)11-7-3-6-10-14-8-4-2-5-9-14/h2,4-5,8-9,13H,3,6-7,10-12H2,1H3. The van der Waals surface area contributed by atoms with Gasteiger partial charge in [-0.1, -0.05) is 43.7 Å². The number of imide groups is 1. The lowest BCUT2D eigenvalue weighted by atomic mass is 10.00. The summed E-state index contributed by atoms with van der Waals surface area (Å²) in [6.07, 6.45) is 4.59. The molecule has 1 heterocycles. The summed E-state index contributed by atoms with van der Waals surface area (Å²) in [5.41, 5.74) is 1.35. The fourth-order valence-electron chi connectivity index (χ4n) is 2.38. The van der Waals surface area contributed by atoms with Gasteiger partial charge in [-0.3, -0.25) is 14.5 Å². The normalized spacial score (nSPS) is 18.3. The van der Waals surface area contributed by atoms with Gasteiger partial charge in [0.25, 0.3) is 0 Å². The van der Waals surface area contributed by atoms with E-state index in [0.29, 0.717) is 13.0 Å². The molecule has 1 unspecified atom stereocenters. The van der Waals surface area contributed by atoms with Crippen LogP contribution in [0.15, 0.2) is 30.3 Å². The molecule has 19 heavy (non-hydrogen) atoms. The topological polar surface area (TPSA) is 37.4 Å². The van der Waals surface area contributed by atoms with Crippen molar-refractivity contribution in [2.24, 2.45) is 5.92 Å². The van der Waals surface area contributed by atoms with E-state index in [1.165, 1.54) is 10.5 Å². The van der Waals surface area contributed by atoms with Crippen LogP contribution in [0.2, 0.25) is 0 Å². The molecular weight excluding hydrogens is 238 g/mol. The number of likely N-dealkylation sites (tertiary alicyclic amines) is 1. The largest absolute Gasteiger partial charge is 0.282 e. The maximum absolute atomic E-state index is 11.7. The molecule has 1 aromatic carbocycles. The average molecular weight is 259 g/mol. The molecule has 1 saturated heterocycles. The van der Waals surface area contributed by atoms with Crippen LogP contribution in [-0.4, -0.2) is 23.3 Å². The van der Waals surface area contributed by atoms with Gasteiger partial charge >= 0.3 is 0 Å². The molecule has 0 saturated carbocycles. The lowest BCUT2D eigenvalue weighted by Crippen LogP contribution is -2.53. The zero-order chi connectivity index (χ0) is 13.7. The molecule has 0 spiro atoms. The Balaban J connectivity index is 1.57. The first-order valence-electron chi connectivity index (χ1n) is 7.06. The Labute approximate surface area is 114 Å². The van der Waals surface area contributed by atoms with E-state index in [2.05, 4.69) is 24.3 Å². The fraction of sp³-hybridized carbons (Fsp3) is 0.500. The second kappa shape index (κ2) is 6.50. The molecule has 0 bridgehead atoms. The van der Waals surface area contributed by atoms with Crippen molar-refractivity contribution in [2.75, 3.05) is 6.54 Å². The Morgan fingerprint density at radius 3 is 2.58 bits per heavy atom. The predicted molar refractivity (Wildman–Crippen MR) is 74.5 cm³/mol. The predicted octanol–water partition coefficient (Wildman–Crippen LogP) is 2.79. The summed E-state index contributed by atoms with van der Waals surface area (Å²) in [4.78, 5) is 24.5. The monoisotopic (exact) mass is 259 g/mol. The van der Waals surface area contributed by atoms with Crippen molar-refractivity contribution in [1.82, 2.24) is 4.90 Å². The second-order valence-electron chi connectivity index (χ2n) is 5.29. The molecule has 0 radical (unpaired) electrons. The highest BCUT2D eigenvalue weighted by Gasteiger charge is 2.36. The maximum atomic E-state index is 11.7. The van der Waals surface area contributed by atoms with Crippen molar-refractivity contribution in [3.63, 3.8) is 0 Å². The minimum absolute atomic E-state index is 0.00260. The third kappa shape index (κ3) is 3.66. The lowest BCUT2D eigenvalue weighted by molar-refractivity contribution is -0.157. The lowest BCUT2D eigenvalue weighted by Gasteiger charge is -2.34. The zero-order valence-corrected chi connectivity index (χ0v) is 11.5. The molecule has 102 valence electrons. The summed E-state index contributed by atoms with van der Waals surface area (Å²) in [5, 5.41) is 0. The first-order chi connectivity index (χ1) is 9.18. The van der Waals surface area contributed by atoms with Crippen LogP contribution in [0.5, 0.6) is 0 Å². The molecule has 1 fully saturated rings. The molecule has 0 aliphatic carbocycles. The van der Waals surface area contributed by atoms with Gasteiger partial charge in [0.15, 0.2) is 0 Å². The van der Waals surface area contributed by atoms with Crippen LogP contribution in [0, 0.1) is 5.92 Å². The van der Waals surface area contributed by atoms with Crippen molar-refractivity contribution >= 4 is 11.8 Å². The van der Waals surface area contributed by atoms with Crippen molar-refractivity contribution in [1.29, 1.82) is 0 Å². The number of hydrogen-bond donors (Lipinski definition) is 0. The van der Waals surface area contributed by atoms with Gasteiger partial charge in [-0.2, -0.15) is 0 Å². The van der Waals surface area contributed by atoms with E-state index in [-0.39, 0.29) is 17.7 Å². The van der Waals surface area contributed by atoms with Crippen LogP contribution in [0.1, 0.15) is 38.2 Å². The van der Waals surface area contributed by atoms with E-state index in [1.807, 2.05) is 13.0 Å². The van der Waals surface area contributed by atoms with Gasteiger partial charge in [0, 0.05) is 13.0 Å². The highest BCUT2D eigenvalue weighted by molar-refractivity contribution is 6.00. The van der Waals surface area contributed by atoms with Crippen LogP contribution in [-0.2, 0) is 16.0 Å². The minimum Gasteiger partial charge on any atom is -0.282 e. The second-order valence-corrected chi connectivity index (χ2v) is 5.29. The number of amides is 2. The third-order valence-corrected chi connectivity index (χ3v) is 3.64. The molecule has 1 aromatic rings. The summed E-state index contributed by atoms with van der Waals surface area (Å²) in [5.74, 6) is 0.0409. The smallest absolute Gasteiger partial charge is 0.233 e. The number of nitrogens with zero attached hydrogens (tertiary/aromatic N) is 1. The number of carbonyl (C=O) groups excluding carboxylic acids is 2. The van der Waals surface area contributed by atoms with Gasteiger partial charge in [-0.25, -0.2) is 0 Å². The summed E-state index contributed by atoms with van der Waals surface area (Å²) < 4.78 is 0. The molecule has 3 heteroatoms. The number of hydrogen-bond acceptors (Lipinski definition) is 2. The number of aryl methyl sites for hydroxylation is 1. The minimum atomic E-state index is -0.00529. The maximum Gasteiger partial charge on any atom is 0.233 e. The summed E-state index contributed by atoms with van der Waals surface area (Å²) in [7, 11) is 0. The summed E-state index contributed by atoms with van der Waals surface area (Å²) in [6.45, 7) is 2.48. The summed E-state index contributed by atoms with van der Waals surface area (Å²) in [6, 6.07) is 10.4. The van der Waals surface area contributed by atoms with Crippen LogP contribution < -0.4 is 0 Å². The van der Waals surface area contributed by atoms with Gasteiger partial charge in [0.2, 0.25) is 11.8 Å². The highest BCUT2D eigenvalue weighted by Crippen LogP contribution is 2.18. The van der Waals surface area contributed by atoms with E-state index in [1.54, 1.807) is 0 Å². The van der Waals surface area contributed by atoms with Crippen molar-refractivity contribution in [2.45, 2.75) is 39.0 Å². The molecule has 2 amide bonds. The van der Waals surface area contributed by atoms with Crippen molar-refractivity contribution in [3.8, 4) is 0 Å². The van der Waals surface area contributed by atoms with Crippen LogP contribution in [0.25, 0.3) is 0 Å². The van der Waals surface area contributed by atoms with E-state index in [4.69, 9.17) is 0 Å². The Morgan fingerprint density at radius 2 is 1.95 bits per heavy atom. The first kappa shape index (κ1) is 13.8. The zero-order valence-electron chi connectivity index (χ0n) is 11.5. The Hall–Kier alpha value is -1.64. The van der Waals surface area contributed by atoms with E-state index in [0.717, 1.165) is 25.7 Å². The Bertz CT molecular complexity index is 441. The molecule has 0 aromatic heterocycles. The summed E-state index contributed by atoms with van der Waals surface area (Å²) >= 11 is 0. The first-order valence-corrected chi connectivity index (χ1v) is 7.06. The third-order valence-electron chi connectivity index (χ3n) is 3.64. The molecule has 1 aliphatic heterocycles. The van der Waals surface area contributed by atoms with Crippen LogP contribution in [0.3, 0.4) is 0 Å². The molecule has 1 atom stereocenters. The number of benzene rings is 1. The van der Waals surface area contributed by atoms with Gasteiger partial charge < -0.3 is 0 Å². The van der Waals surface area contributed by atoms with Crippen molar-refractivity contribution < 1.29 is 9.59 Å². The van der Waals surface area contributed by atoms with Gasteiger partial charge in [0.05, 0.1) is 5.92 Å². The number of unbranched alkanes of at least 4 members (excludes halogenated alkanes) is 2. The van der Waals surface area contributed by atoms with Crippen LogP contribution in [0.4, 0.5) is 0 Å². The molecule has 2 rings (SSSR count). The highest BCUT2D eigenvalue weighted by atomic mass is 16.2. The SMILES string of the molecule is CC1CN(C(=O)CCCCCc2ccccc2)C1=O. The fourth-order valence-corrected chi connectivity index (χ4v) is 2.38. The van der Waals surface area contributed by atoms with Crippen LogP contribution >= 0.6 is 0 Å². The van der Waals surface area contributed by atoms with Crippen molar-refractivity contribution in [3.05, 3.63) is 35.9 Å². The van der Waals surface area contributed by atoms with Gasteiger partial charge in [-0.05, 0) is 24.8 Å². The average Bonchev–Trinajstić information content (AvgIpc) is 2.44. The number of carbonyl (C=O) groups is 2. The molecular formula is C16H21NO2.